The number of ether oxygens (including phenoxy) is 1. The normalized spacial score (nSPS) is 10.6. The van der Waals surface area contributed by atoms with Gasteiger partial charge in [0, 0.05) is 5.39 Å². The molecule has 1 aromatic carbocycles. The van der Waals surface area contributed by atoms with E-state index in [1.54, 1.807) is 19.9 Å². The number of nitriles is 1. The number of nitrogens with one attached hydrogen (secondary N) is 1. The molecule has 3 rings (SSSR count). The van der Waals surface area contributed by atoms with Crippen LogP contribution < -0.4 is 5.32 Å². The molecule has 0 saturated heterocycles. The van der Waals surface area contributed by atoms with E-state index in [-0.39, 0.29) is 18.3 Å². The Labute approximate surface area is 182 Å². The molecule has 2 heterocycles. The number of thiazole rings is 1. The summed E-state index contributed by atoms with van der Waals surface area (Å²) in [4.78, 5) is 33.4. The Kier molecular flexibility index (Phi) is 6.70. The molecule has 0 aliphatic rings. The third-order valence-electron chi connectivity index (χ3n) is 4.36. The van der Waals surface area contributed by atoms with Crippen molar-refractivity contribution >= 4 is 51.0 Å². The second-order valence-corrected chi connectivity index (χ2v) is 8.54. The van der Waals surface area contributed by atoms with Crippen molar-refractivity contribution in [3.63, 3.8) is 0 Å². The first-order chi connectivity index (χ1) is 14.3. The largest absolute Gasteiger partial charge is 0.462 e. The molecule has 0 bridgehead atoms. The highest BCUT2D eigenvalue weighted by molar-refractivity contribution is 8.00. The van der Waals surface area contributed by atoms with Crippen molar-refractivity contribution < 1.29 is 14.3 Å². The van der Waals surface area contributed by atoms with Crippen molar-refractivity contribution in [2.45, 2.75) is 32.7 Å². The zero-order valence-corrected chi connectivity index (χ0v) is 18.7. The summed E-state index contributed by atoms with van der Waals surface area (Å²) in [6.45, 7) is 7.71. The van der Waals surface area contributed by atoms with Crippen molar-refractivity contribution in [1.29, 1.82) is 5.26 Å². The number of carbonyl (C=O) groups excluding carboxylic acids is 2. The van der Waals surface area contributed by atoms with E-state index in [1.165, 1.54) is 11.8 Å². The van der Waals surface area contributed by atoms with Gasteiger partial charge in [0.05, 0.1) is 29.1 Å². The summed E-state index contributed by atoms with van der Waals surface area (Å²) < 4.78 is 4.98. The maximum Gasteiger partial charge on any atom is 0.350 e. The third-order valence-corrected chi connectivity index (χ3v) is 6.40. The minimum atomic E-state index is -0.452. The number of hydrogen-bond acceptors (Lipinski definition) is 8. The number of hydrogen-bond donors (Lipinski definition) is 1. The van der Waals surface area contributed by atoms with Gasteiger partial charge in [-0.25, -0.2) is 14.8 Å². The summed E-state index contributed by atoms with van der Waals surface area (Å²) in [7, 11) is 0. The maximum atomic E-state index is 12.4. The quantitative estimate of drug-likeness (QED) is 0.447. The predicted molar refractivity (Wildman–Crippen MR) is 118 cm³/mol. The number of aromatic nitrogens is 2. The molecule has 0 atom stereocenters. The van der Waals surface area contributed by atoms with Gasteiger partial charge >= 0.3 is 5.97 Å². The molecule has 154 valence electrons. The molecular weight excluding hydrogens is 420 g/mol. The Morgan fingerprint density at radius 1 is 1.20 bits per heavy atom. The number of pyridine rings is 1. The lowest BCUT2D eigenvalue weighted by Crippen LogP contribution is -2.14. The summed E-state index contributed by atoms with van der Waals surface area (Å²) in [5.41, 5.74) is 3.97. The van der Waals surface area contributed by atoms with Gasteiger partial charge in [-0.2, -0.15) is 5.26 Å². The number of rotatable bonds is 6. The highest BCUT2D eigenvalue weighted by Crippen LogP contribution is 2.27. The number of anilines is 1. The smallest absolute Gasteiger partial charge is 0.350 e. The van der Waals surface area contributed by atoms with E-state index in [9.17, 15) is 14.9 Å². The van der Waals surface area contributed by atoms with E-state index in [0.29, 0.717) is 26.3 Å². The second kappa shape index (κ2) is 9.24. The average molecular weight is 441 g/mol. The lowest BCUT2D eigenvalue weighted by atomic mass is 10.1. The van der Waals surface area contributed by atoms with Gasteiger partial charge in [0.15, 0.2) is 5.13 Å². The molecule has 0 unspecified atom stereocenters. The molecule has 3 aromatic rings. The number of benzene rings is 1. The van der Waals surface area contributed by atoms with Crippen molar-refractivity contribution in [2.24, 2.45) is 0 Å². The van der Waals surface area contributed by atoms with E-state index in [4.69, 9.17) is 4.74 Å². The Hall–Kier alpha value is -2.96. The summed E-state index contributed by atoms with van der Waals surface area (Å²) in [5, 5.41) is 13.9. The first-order valence-corrected chi connectivity index (χ1v) is 11.0. The van der Waals surface area contributed by atoms with Gasteiger partial charge in [0.2, 0.25) is 5.91 Å². The van der Waals surface area contributed by atoms with Crippen LogP contribution in [0.5, 0.6) is 0 Å². The van der Waals surface area contributed by atoms with Crippen molar-refractivity contribution in [2.75, 3.05) is 17.7 Å². The molecule has 2 aromatic heterocycles. The zero-order valence-electron chi connectivity index (χ0n) is 17.0. The highest BCUT2D eigenvalue weighted by Gasteiger charge is 2.18. The SMILES string of the molecule is CCOC(=O)c1sc(NC(=O)CSc2nc3cc(C)c(C)cc3cc2C#N)nc1C. The van der Waals surface area contributed by atoms with Crippen LogP contribution in [0.25, 0.3) is 10.9 Å². The van der Waals surface area contributed by atoms with Crippen LogP contribution in [0.4, 0.5) is 5.13 Å². The van der Waals surface area contributed by atoms with E-state index in [0.717, 1.165) is 33.4 Å². The number of thioether (sulfide) groups is 1. The maximum absolute atomic E-state index is 12.4. The van der Waals surface area contributed by atoms with Crippen LogP contribution in [-0.2, 0) is 9.53 Å². The van der Waals surface area contributed by atoms with Crippen LogP contribution in [0, 0.1) is 32.1 Å². The zero-order chi connectivity index (χ0) is 21.8. The molecule has 0 spiro atoms. The molecular formula is C21H20N4O3S2. The first-order valence-electron chi connectivity index (χ1n) is 9.21. The van der Waals surface area contributed by atoms with Crippen LogP contribution in [0.15, 0.2) is 23.2 Å². The molecule has 0 saturated carbocycles. The minimum Gasteiger partial charge on any atom is -0.462 e. The number of nitrogens with zero attached hydrogens (tertiary/aromatic N) is 3. The first kappa shape index (κ1) is 21.7. The van der Waals surface area contributed by atoms with Gasteiger partial charge < -0.3 is 10.1 Å². The predicted octanol–water partition coefficient (Wildman–Crippen LogP) is 4.40. The molecule has 1 amide bonds. The van der Waals surface area contributed by atoms with Gasteiger partial charge in [-0.1, -0.05) is 23.1 Å². The molecule has 9 heteroatoms. The monoisotopic (exact) mass is 440 g/mol. The van der Waals surface area contributed by atoms with Gasteiger partial charge in [-0.15, -0.1) is 0 Å². The van der Waals surface area contributed by atoms with E-state index in [1.807, 2.05) is 26.0 Å². The Morgan fingerprint density at radius 2 is 1.93 bits per heavy atom. The van der Waals surface area contributed by atoms with Crippen LogP contribution in [-0.4, -0.2) is 34.2 Å². The topological polar surface area (TPSA) is 105 Å². The average Bonchev–Trinajstić information content (AvgIpc) is 3.07. The summed E-state index contributed by atoms with van der Waals surface area (Å²) in [6, 6.07) is 7.93. The number of aryl methyl sites for hydroxylation is 3. The van der Waals surface area contributed by atoms with E-state index in [2.05, 4.69) is 21.4 Å². The fourth-order valence-corrected chi connectivity index (χ4v) is 4.38. The lowest BCUT2D eigenvalue weighted by Gasteiger charge is -2.08. The fraction of sp³-hybridized carbons (Fsp3) is 0.286. The fourth-order valence-electron chi connectivity index (χ4n) is 2.74. The standard InChI is InChI=1S/C21H20N4O3S2/c1-5-28-20(27)18-13(4)23-21(30-18)25-17(26)10-29-19-15(9-22)8-14-6-11(2)12(3)7-16(14)24-19/h6-8H,5,10H2,1-4H3,(H,23,25,26). The third kappa shape index (κ3) is 4.78. The molecule has 0 radical (unpaired) electrons. The van der Waals surface area contributed by atoms with E-state index < -0.39 is 5.97 Å². The number of amides is 1. The second-order valence-electron chi connectivity index (χ2n) is 6.57. The highest BCUT2D eigenvalue weighted by atomic mass is 32.2. The Balaban J connectivity index is 1.72. The number of carbonyl (C=O) groups is 2. The molecule has 0 aliphatic carbocycles. The van der Waals surface area contributed by atoms with Gasteiger partial charge in [0.1, 0.15) is 16.0 Å². The number of fused-ring (bicyclic) bond motifs is 1. The van der Waals surface area contributed by atoms with Crippen LogP contribution in [0.1, 0.15) is 39.0 Å². The minimum absolute atomic E-state index is 0.0609. The summed E-state index contributed by atoms with van der Waals surface area (Å²) in [5.74, 6) is -0.687. The Morgan fingerprint density at radius 3 is 2.63 bits per heavy atom. The van der Waals surface area contributed by atoms with Crippen molar-refractivity contribution in [3.05, 3.63) is 45.5 Å². The lowest BCUT2D eigenvalue weighted by molar-refractivity contribution is -0.113. The van der Waals surface area contributed by atoms with Gasteiger partial charge in [-0.05, 0) is 57.0 Å². The van der Waals surface area contributed by atoms with Crippen molar-refractivity contribution in [1.82, 2.24) is 9.97 Å². The summed E-state index contributed by atoms with van der Waals surface area (Å²) >= 11 is 2.26. The molecule has 30 heavy (non-hydrogen) atoms. The Bertz CT molecular complexity index is 1180. The van der Waals surface area contributed by atoms with Gasteiger partial charge in [0.25, 0.3) is 0 Å². The number of esters is 1. The van der Waals surface area contributed by atoms with Crippen molar-refractivity contribution in [3.8, 4) is 6.07 Å². The van der Waals surface area contributed by atoms with Gasteiger partial charge in [-0.3, -0.25) is 4.79 Å². The van der Waals surface area contributed by atoms with Crippen LogP contribution in [0.2, 0.25) is 0 Å². The summed E-state index contributed by atoms with van der Waals surface area (Å²) in [6.07, 6.45) is 0. The molecule has 0 fully saturated rings. The molecule has 1 N–H and O–H groups in total. The van der Waals surface area contributed by atoms with Crippen LogP contribution >= 0.6 is 23.1 Å². The van der Waals surface area contributed by atoms with E-state index >= 15 is 0 Å². The molecule has 7 nitrogen and oxygen atoms in total. The van der Waals surface area contributed by atoms with Crippen LogP contribution in [0.3, 0.4) is 0 Å². The molecule has 0 aliphatic heterocycles.